The molecule has 1 aromatic heterocycles. The van der Waals surface area contributed by atoms with Gasteiger partial charge in [0.05, 0.1) is 13.2 Å². The van der Waals surface area contributed by atoms with Gasteiger partial charge in [-0.05, 0) is 52.6 Å². The number of ether oxygens (including phenoxy) is 3. The maximum Gasteiger partial charge on any atom is 0.231 e. The van der Waals surface area contributed by atoms with Gasteiger partial charge in [-0.2, -0.15) is 0 Å². The fourth-order valence-electron chi connectivity index (χ4n) is 4.13. The quantitative estimate of drug-likeness (QED) is 0.511. The van der Waals surface area contributed by atoms with Crippen molar-refractivity contribution >= 4 is 21.4 Å². The largest absolute Gasteiger partial charge is 0.454 e. The molecule has 158 valence electrons. The summed E-state index contributed by atoms with van der Waals surface area (Å²) >= 11 is 1.80. The zero-order valence-electron chi connectivity index (χ0n) is 17.2. The van der Waals surface area contributed by atoms with E-state index in [1.807, 2.05) is 6.07 Å². The number of thiophene rings is 1. The smallest absolute Gasteiger partial charge is 0.231 e. The molecule has 2 aromatic carbocycles. The molecule has 0 saturated carbocycles. The Morgan fingerprint density at radius 3 is 2.60 bits per heavy atom. The second-order valence-electron chi connectivity index (χ2n) is 7.96. The lowest BCUT2D eigenvalue weighted by Crippen LogP contribution is -2.46. The molecule has 0 radical (unpaired) electrons. The molecule has 1 fully saturated rings. The molecular formula is C24H28N2O3S. The van der Waals surface area contributed by atoms with Crippen molar-refractivity contribution in [1.82, 2.24) is 9.80 Å². The summed E-state index contributed by atoms with van der Waals surface area (Å²) in [7, 11) is 0. The number of hydrogen-bond donors (Lipinski definition) is 0. The van der Waals surface area contributed by atoms with Crippen LogP contribution in [0.5, 0.6) is 11.5 Å². The van der Waals surface area contributed by atoms with Crippen LogP contribution in [0.25, 0.3) is 10.1 Å². The Morgan fingerprint density at radius 1 is 0.833 bits per heavy atom. The van der Waals surface area contributed by atoms with E-state index in [4.69, 9.17) is 14.2 Å². The van der Waals surface area contributed by atoms with Crippen molar-refractivity contribution in [1.29, 1.82) is 0 Å². The summed E-state index contributed by atoms with van der Waals surface area (Å²) in [5.41, 5.74) is 2.65. The van der Waals surface area contributed by atoms with Gasteiger partial charge in [0.15, 0.2) is 11.5 Å². The van der Waals surface area contributed by atoms with Gasteiger partial charge in [-0.25, -0.2) is 0 Å². The van der Waals surface area contributed by atoms with Crippen LogP contribution in [0.3, 0.4) is 0 Å². The van der Waals surface area contributed by atoms with E-state index in [0.717, 1.165) is 70.4 Å². The topological polar surface area (TPSA) is 34.2 Å². The highest BCUT2D eigenvalue weighted by molar-refractivity contribution is 7.17. The van der Waals surface area contributed by atoms with Gasteiger partial charge >= 0.3 is 0 Å². The van der Waals surface area contributed by atoms with E-state index in [1.54, 1.807) is 11.3 Å². The molecule has 0 atom stereocenters. The third kappa shape index (κ3) is 4.78. The van der Waals surface area contributed by atoms with Crippen molar-refractivity contribution in [3.63, 3.8) is 0 Å². The molecule has 5 nitrogen and oxygen atoms in total. The van der Waals surface area contributed by atoms with Crippen LogP contribution in [0.15, 0.2) is 47.8 Å². The van der Waals surface area contributed by atoms with Crippen LogP contribution in [0.2, 0.25) is 0 Å². The van der Waals surface area contributed by atoms with Gasteiger partial charge in [-0.3, -0.25) is 9.80 Å². The SMILES string of the molecule is c1cc2cc(CCOCCN3CCN(Cc4ccc5c(c4)OCO5)CC3)ccc2s1. The summed E-state index contributed by atoms with van der Waals surface area (Å²) in [6, 6.07) is 15.2. The Hall–Kier alpha value is -2.12. The summed E-state index contributed by atoms with van der Waals surface area (Å²) < 4.78 is 18.2. The van der Waals surface area contributed by atoms with Crippen LogP contribution in [-0.4, -0.2) is 62.5 Å². The molecule has 0 N–H and O–H groups in total. The fourth-order valence-corrected chi connectivity index (χ4v) is 4.90. The highest BCUT2D eigenvalue weighted by Gasteiger charge is 2.18. The first-order valence-electron chi connectivity index (χ1n) is 10.7. The second kappa shape index (κ2) is 9.35. The normalized spacial score (nSPS) is 17.1. The van der Waals surface area contributed by atoms with E-state index in [2.05, 4.69) is 51.6 Å². The predicted molar refractivity (Wildman–Crippen MR) is 121 cm³/mol. The molecule has 0 spiro atoms. The van der Waals surface area contributed by atoms with E-state index >= 15 is 0 Å². The standard InChI is InChI=1S/C24H28N2O3S/c1-3-22-23(29-18-28-22)16-20(1)17-26-9-7-25(8-10-26)11-13-27-12-5-19-2-4-24-21(15-19)6-14-30-24/h1-4,6,14-16H,5,7-13,17-18H2. The first kappa shape index (κ1) is 19.8. The van der Waals surface area contributed by atoms with Crippen molar-refractivity contribution in [2.45, 2.75) is 13.0 Å². The van der Waals surface area contributed by atoms with Gasteiger partial charge in [0.1, 0.15) is 0 Å². The van der Waals surface area contributed by atoms with E-state index in [1.165, 1.54) is 21.2 Å². The van der Waals surface area contributed by atoms with E-state index in [9.17, 15) is 0 Å². The lowest BCUT2D eigenvalue weighted by Gasteiger charge is -2.34. The lowest BCUT2D eigenvalue weighted by atomic mass is 10.1. The molecular weight excluding hydrogens is 396 g/mol. The Morgan fingerprint density at radius 2 is 1.67 bits per heavy atom. The number of nitrogens with zero attached hydrogens (tertiary/aromatic N) is 2. The van der Waals surface area contributed by atoms with E-state index < -0.39 is 0 Å². The lowest BCUT2D eigenvalue weighted by molar-refractivity contribution is 0.0747. The first-order chi connectivity index (χ1) is 14.8. The van der Waals surface area contributed by atoms with Crippen LogP contribution in [-0.2, 0) is 17.7 Å². The molecule has 3 heterocycles. The number of piperazine rings is 1. The van der Waals surface area contributed by atoms with Gasteiger partial charge in [-0.1, -0.05) is 18.2 Å². The Kier molecular flexibility index (Phi) is 6.18. The molecule has 0 aliphatic carbocycles. The molecule has 5 rings (SSSR count). The first-order valence-corrected chi connectivity index (χ1v) is 11.6. The summed E-state index contributed by atoms with van der Waals surface area (Å²) in [4.78, 5) is 5.02. The summed E-state index contributed by atoms with van der Waals surface area (Å²) in [6.45, 7) is 8.30. The maximum atomic E-state index is 5.92. The molecule has 3 aromatic rings. The summed E-state index contributed by atoms with van der Waals surface area (Å²) in [6.07, 6.45) is 0.981. The Balaban J connectivity index is 0.985. The van der Waals surface area contributed by atoms with Crippen LogP contribution < -0.4 is 9.47 Å². The maximum absolute atomic E-state index is 5.92. The minimum Gasteiger partial charge on any atom is -0.454 e. The van der Waals surface area contributed by atoms with Gasteiger partial charge in [-0.15, -0.1) is 11.3 Å². The monoisotopic (exact) mass is 424 g/mol. The van der Waals surface area contributed by atoms with Crippen molar-refractivity contribution in [2.75, 3.05) is 52.7 Å². The van der Waals surface area contributed by atoms with E-state index in [0.29, 0.717) is 6.79 Å². The number of rotatable bonds is 8. The third-order valence-corrected chi connectivity index (χ3v) is 6.81. The van der Waals surface area contributed by atoms with Crippen LogP contribution in [0.4, 0.5) is 0 Å². The third-order valence-electron chi connectivity index (χ3n) is 5.91. The average Bonchev–Trinajstić information content (AvgIpc) is 3.43. The van der Waals surface area contributed by atoms with Gasteiger partial charge in [0, 0.05) is 44.0 Å². The molecule has 30 heavy (non-hydrogen) atoms. The minimum absolute atomic E-state index is 0.337. The van der Waals surface area contributed by atoms with Crippen molar-refractivity contribution < 1.29 is 14.2 Å². The average molecular weight is 425 g/mol. The predicted octanol–water partition coefficient (Wildman–Crippen LogP) is 4.01. The van der Waals surface area contributed by atoms with Gasteiger partial charge in [0.25, 0.3) is 0 Å². The molecule has 0 bridgehead atoms. The molecule has 2 aliphatic heterocycles. The van der Waals surface area contributed by atoms with Crippen LogP contribution in [0, 0.1) is 0 Å². The van der Waals surface area contributed by atoms with Crippen molar-refractivity contribution in [3.8, 4) is 11.5 Å². The zero-order chi connectivity index (χ0) is 20.2. The minimum atomic E-state index is 0.337. The van der Waals surface area contributed by atoms with Crippen LogP contribution in [0.1, 0.15) is 11.1 Å². The van der Waals surface area contributed by atoms with Crippen molar-refractivity contribution in [2.24, 2.45) is 0 Å². The molecule has 0 amide bonds. The molecule has 0 unspecified atom stereocenters. The number of hydrogen-bond acceptors (Lipinski definition) is 6. The Bertz CT molecular complexity index is 981. The molecule has 6 heteroatoms. The highest BCUT2D eigenvalue weighted by Crippen LogP contribution is 2.32. The Labute approximate surface area is 181 Å². The van der Waals surface area contributed by atoms with E-state index in [-0.39, 0.29) is 0 Å². The summed E-state index contributed by atoms with van der Waals surface area (Å²) in [5.74, 6) is 1.73. The number of fused-ring (bicyclic) bond motifs is 2. The van der Waals surface area contributed by atoms with Gasteiger partial charge in [0.2, 0.25) is 6.79 Å². The van der Waals surface area contributed by atoms with Crippen molar-refractivity contribution in [3.05, 3.63) is 59.0 Å². The highest BCUT2D eigenvalue weighted by atomic mass is 32.1. The molecule has 2 aliphatic rings. The fraction of sp³-hybridized carbons (Fsp3) is 0.417. The summed E-state index contributed by atoms with van der Waals surface area (Å²) in [5, 5.41) is 3.50. The molecule has 1 saturated heterocycles. The van der Waals surface area contributed by atoms with Crippen LogP contribution >= 0.6 is 11.3 Å². The number of benzene rings is 2. The second-order valence-corrected chi connectivity index (χ2v) is 8.91. The zero-order valence-corrected chi connectivity index (χ0v) is 18.0. The van der Waals surface area contributed by atoms with Gasteiger partial charge < -0.3 is 14.2 Å².